The first-order valence-corrected chi connectivity index (χ1v) is 10.7. The Hall–Kier alpha value is -3.37. The van der Waals surface area contributed by atoms with Crippen molar-refractivity contribution in [2.24, 2.45) is 0 Å². The number of amides is 2. The third kappa shape index (κ3) is 3.06. The van der Waals surface area contributed by atoms with Gasteiger partial charge in [-0.1, -0.05) is 65.7 Å². The number of carbonyl (C=O) groups is 2. The molecule has 0 bridgehead atoms. The summed E-state index contributed by atoms with van der Waals surface area (Å²) in [5, 5.41) is 0.523. The Kier molecular flexibility index (Phi) is 4.67. The van der Waals surface area contributed by atoms with Gasteiger partial charge < -0.3 is 4.90 Å². The Morgan fingerprint density at radius 3 is 2.29 bits per heavy atom. The summed E-state index contributed by atoms with van der Waals surface area (Å²) in [6, 6.07) is 21.1. The summed E-state index contributed by atoms with van der Waals surface area (Å²) in [7, 11) is 0. The van der Waals surface area contributed by atoms with Crippen molar-refractivity contribution >= 4 is 40.4 Å². The highest BCUT2D eigenvalue weighted by Crippen LogP contribution is 2.41. The number of nitrogens with zero attached hydrogens (tertiary/aromatic N) is 2. The van der Waals surface area contributed by atoms with Gasteiger partial charge in [-0.3, -0.25) is 9.59 Å². The van der Waals surface area contributed by atoms with Gasteiger partial charge in [-0.25, -0.2) is 4.90 Å². The summed E-state index contributed by atoms with van der Waals surface area (Å²) in [6.45, 7) is 4.48. The lowest BCUT2D eigenvalue weighted by atomic mass is 10.0. The molecule has 2 amide bonds. The van der Waals surface area contributed by atoms with Crippen molar-refractivity contribution in [3.05, 3.63) is 99.7 Å². The molecule has 0 saturated heterocycles. The van der Waals surface area contributed by atoms with Gasteiger partial charge in [0.05, 0.1) is 11.3 Å². The van der Waals surface area contributed by atoms with Crippen molar-refractivity contribution in [2.75, 3.05) is 16.3 Å². The van der Waals surface area contributed by atoms with Crippen LogP contribution in [0.5, 0.6) is 0 Å². The monoisotopic (exact) mass is 428 g/mol. The van der Waals surface area contributed by atoms with Crippen LogP contribution in [-0.2, 0) is 16.0 Å². The number of benzene rings is 3. The molecule has 0 unspecified atom stereocenters. The molecule has 2 heterocycles. The van der Waals surface area contributed by atoms with E-state index in [2.05, 4.69) is 6.07 Å². The molecule has 0 saturated carbocycles. The molecule has 5 rings (SSSR count). The SMILES string of the molecule is Cc1ccc(C2=C(N3CCc4ccccc43)C(=O)N(c3cccc(Cl)c3C)C2=O)cc1. The molecular weight excluding hydrogens is 408 g/mol. The molecule has 4 nitrogen and oxygen atoms in total. The number of rotatable bonds is 3. The van der Waals surface area contributed by atoms with E-state index in [4.69, 9.17) is 11.6 Å². The molecule has 0 aromatic heterocycles. The number of hydrogen-bond donors (Lipinski definition) is 0. The fourth-order valence-corrected chi connectivity index (χ4v) is 4.55. The zero-order valence-corrected chi connectivity index (χ0v) is 18.1. The molecule has 0 radical (unpaired) electrons. The van der Waals surface area contributed by atoms with Crippen LogP contribution in [0.2, 0.25) is 5.02 Å². The third-order valence-corrected chi connectivity index (χ3v) is 6.45. The molecule has 3 aromatic carbocycles. The van der Waals surface area contributed by atoms with E-state index in [9.17, 15) is 9.59 Å². The summed E-state index contributed by atoms with van der Waals surface area (Å²) in [4.78, 5) is 30.8. The van der Waals surface area contributed by atoms with Gasteiger partial charge in [0.1, 0.15) is 5.70 Å². The molecule has 0 fully saturated rings. The number of para-hydroxylation sites is 1. The first-order chi connectivity index (χ1) is 15.0. The summed E-state index contributed by atoms with van der Waals surface area (Å²) < 4.78 is 0. The van der Waals surface area contributed by atoms with E-state index in [1.807, 2.05) is 61.2 Å². The van der Waals surface area contributed by atoms with E-state index < -0.39 is 0 Å². The fraction of sp³-hybridized carbons (Fsp3) is 0.154. The number of carbonyl (C=O) groups excluding carboxylic acids is 2. The van der Waals surface area contributed by atoms with Crippen LogP contribution in [0.3, 0.4) is 0 Å². The van der Waals surface area contributed by atoms with E-state index >= 15 is 0 Å². The van der Waals surface area contributed by atoms with Gasteiger partial charge in [-0.2, -0.15) is 0 Å². The average molecular weight is 429 g/mol. The van der Waals surface area contributed by atoms with Crippen molar-refractivity contribution in [1.82, 2.24) is 0 Å². The number of anilines is 2. The zero-order chi connectivity index (χ0) is 21.7. The highest BCUT2D eigenvalue weighted by molar-refractivity contribution is 6.46. The molecule has 0 aliphatic carbocycles. The zero-order valence-electron chi connectivity index (χ0n) is 17.4. The van der Waals surface area contributed by atoms with Gasteiger partial charge in [-0.15, -0.1) is 0 Å². The minimum absolute atomic E-state index is 0.317. The molecule has 5 heteroatoms. The molecule has 154 valence electrons. The van der Waals surface area contributed by atoms with E-state index in [1.165, 1.54) is 10.5 Å². The number of imide groups is 1. The average Bonchev–Trinajstić information content (AvgIpc) is 3.29. The van der Waals surface area contributed by atoms with Crippen molar-refractivity contribution in [2.45, 2.75) is 20.3 Å². The van der Waals surface area contributed by atoms with Crippen LogP contribution in [0.1, 0.15) is 22.3 Å². The normalized spacial score (nSPS) is 15.8. The van der Waals surface area contributed by atoms with Crippen LogP contribution in [0.15, 0.2) is 72.4 Å². The number of aryl methyl sites for hydroxylation is 1. The maximum Gasteiger partial charge on any atom is 0.282 e. The molecule has 3 aromatic rings. The third-order valence-electron chi connectivity index (χ3n) is 6.04. The Labute approximate surface area is 186 Å². The molecule has 31 heavy (non-hydrogen) atoms. The van der Waals surface area contributed by atoms with Gasteiger partial charge in [0, 0.05) is 17.3 Å². The molecule has 0 atom stereocenters. The lowest BCUT2D eigenvalue weighted by Gasteiger charge is -2.22. The maximum atomic E-state index is 13.8. The summed E-state index contributed by atoms with van der Waals surface area (Å²) in [6.07, 6.45) is 0.832. The lowest BCUT2D eigenvalue weighted by Crippen LogP contribution is -2.35. The minimum atomic E-state index is -0.321. The standard InChI is InChI=1S/C26H21ClN2O2/c1-16-10-12-19(13-11-16)23-24(28-15-14-18-6-3-4-8-22(18)28)26(31)29(25(23)30)21-9-5-7-20(27)17(21)2/h3-13H,14-15H2,1-2H3. The van der Waals surface area contributed by atoms with Gasteiger partial charge in [0.2, 0.25) is 0 Å². The van der Waals surface area contributed by atoms with Crippen LogP contribution >= 0.6 is 11.6 Å². The first kappa shape index (κ1) is 19.6. The first-order valence-electron chi connectivity index (χ1n) is 10.3. The molecular formula is C26H21ClN2O2. The smallest absolute Gasteiger partial charge is 0.282 e. The van der Waals surface area contributed by atoms with Crippen molar-refractivity contribution in [3.63, 3.8) is 0 Å². The Morgan fingerprint density at radius 1 is 0.806 bits per heavy atom. The van der Waals surface area contributed by atoms with Crippen molar-refractivity contribution in [1.29, 1.82) is 0 Å². The van der Waals surface area contributed by atoms with Crippen LogP contribution < -0.4 is 9.80 Å². The largest absolute Gasteiger partial charge is 0.336 e. The van der Waals surface area contributed by atoms with Gasteiger partial charge in [0.15, 0.2) is 0 Å². The summed E-state index contributed by atoms with van der Waals surface area (Å²) in [5.74, 6) is -0.638. The van der Waals surface area contributed by atoms with Crippen LogP contribution in [0.25, 0.3) is 5.57 Å². The highest BCUT2D eigenvalue weighted by Gasteiger charge is 2.44. The Bertz CT molecular complexity index is 1260. The quantitative estimate of drug-likeness (QED) is 0.531. The Morgan fingerprint density at radius 2 is 1.52 bits per heavy atom. The second kappa shape index (κ2) is 7.40. The lowest BCUT2D eigenvalue weighted by molar-refractivity contribution is -0.120. The number of fused-ring (bicyclic) bond motifs is 1. The minimum Gasteiger partial charge on any atom is -0.336 e. The van der Waals surface area contributed by atoms with Gasteiger partial charge >= 0.3 is 0 Å². The predicted molar refractivity (Wildman–Crippen MR) is 124 cm³/mol. The van der Waals surface area contributed by atoms with E-state index in [-0.39, 0.29) is 11.8 Å². The molecule has 2 aliphatic heterocycles. The van der Waals surface area contributed by atoms with Crippen molar-refractivity contribution in [3.8, 4) is 0 Å². The van der Waals surface area contributed by atoms with E-state index in [1.54, 1.807) is 18.2 Å². The maximum absolute atomic E-state index is 13.8. The van der Waals surface area contributed by atoms with E-state index in [0.29, 0.717) is 34.1 Å². The summed E-state index contributed by atoms with van der Waals surface area (Å²) in [5.41, 5.74) is 6.08. The number of halogens is 1. The second-order valence-electron chi connectivity index (χ2n) is 7.95. The predicted octanol–water partition coefficient (Wildman–Crippen LogP) is 5.30. The van der Waals surface area contributed by atoms with Crippen LogP contribution in [-0.4, -0.2) is 18.4 Å². The molecule has 0 spiro atoms. The fourth-order valence-electron chi connectivity index (χ4n) is 4.38. The van der Waals surface area contributed by atoms with Crippen molar-refractivity contribution < 1.29 is 9.59 Å². The van der Waals surface area contributed by atoms with Gasteiger partial charge in [-0.05, 0) is 55.2 Å². The Balaban J connectivity index is 1.71. The molecule has 2 aliphatic rings. The highest BCUT2D eigenvalue weighted by atomic mass is 35.5. The van der Waals surface area contributed by atoms with E-state index in [0.717, 1.165) is 23.2 Å². The van der Waals surface area contributed by atoms with Gasteiger partial charge in [0.25, 0.3) is 11.8 Å². The topological polar surface area (TPSA) is 40.6 Å². The van der Waals surface area contributed by atoms with Crippen LogP contribution in [0.4, 0.5) is 11.4 Å². The van der Waals surface area contributed by atoms with Crippen LogP contribution in [0, 0.1) is 13.8 Å². The molecule has 0 N–H and O–H groups in total. The summed E-state index contributed by atoms with van der Waals surface area (Å²) >= 11 is 6.32. The number of hydrogen-bond acceptors (Lipinski definition) is 3. The second-order valence-corrected chi connectivity index (χ2v) is 8.36.